The van der Waals surface area contributed by atoms with Gasteiger partial charge in [-0.15, -0.1) is 11.3 Å². The van der Waals surface area contributed by atoms with Crippen molar-refractivity contribution in [1.82, 2.24) is 9.88 Å². The Kier molecular flexibility index (Phi) is 6.60. The summed E-state index contributed by atoms with van der Waals surface area (Å²) in [6.45, 7) is 5.42. The number of piperidine rings is 1. The first-order valence-corrected chi connectivity index (χ1v) is 8.54. The molecule has 2 rings (SSSR count). The molecule has 1 fully saturated rings. The Hall–Kier alpha value is -0.980. The van der Waals surface area contributed by atoms with E-state index in [1.54, 1.807) is 11.3 Å². The van der Waals surface area contributed by atoms with Crippen molar-refractivity contribution in [1.29, 1.82) is 0 Å². The van der Waals surface area contributed by atoms with Crippen LogP contribution in [0.1, 0.15) is 43.3 Å². The zero-order chi connectivity index (χ0) is 15.1. The molecule has 1 aromatic rings. The zero-order valence-electron chi connectivity index (χ0n) is 12.6. The van der Waals surface area contributed by atoms with Crippen LogP contribution in [0.2, 0.25) is 0 Å². The monoisotopic (exact) mass is 312 g/mol. The van der Waals surface area contributed by atoms with Crippen LogP contribution >= 0.6 is 11.3 Å². The van der Waals surface area contributed by atoms with Crippen molar-refractivity contribution in [3.63, 3.8) is 0 Å². The average molecular weight is 312 g/mol. The number of aryl methyl sites for hydroxylation is 1. The number of nitrogens with zero attached hydrogens (tertiary/aromatic N) is 2. The highest BCUT2D eigenvalue weighted by atomic mass is 32.1. The number of carbonyl (C=O) groups is 1. The second kappa shape index (κ2) is 8.46. The predicted molar refractivity (Wildman–Crippen MR) is 82.6 cm³/mol. The number of likely N-dealkylation sites (tertiary alicyclic amines) is 1. The van der Waals surface area contributed by atoms with Gasteiger partial charge in [-0.3, -0.25) is 9.69 Å². The first-order chi connectivity index (χ1) is 10.2. The van der Waals surface area contributed by atoms with Gasteiger partial charge >= 0.3 is 5.97 Å². The van der Waals surface area contributed by atoms with Gasteiger partial charge in [-0.1, -0.05) is 6.92 Å². The number of hydrogen-bond donors (Lipinski definition) is 1. The fourth-order valence-electron chi connectivity index (χ4n) is 2.53. The molecule has 1 N–H and O–H groups in total. The fraction of sp³-hybridized carbons (Fsp3) is 0.733. The highest BCUT2D eigenvalue weighted by Gasteiger charge is 2.20. The lowest BCUT2D eigenvalue weighted by Gasteiger charge is -2.31. The van der Waals surface area contributed by atoms with E-state index in [-0.39, 0.29) is 12.5 Å². The Morgan fingerprint density at radius 2 is 2.29 bits per heavy atom. The van der Waals surface area contributed by atoms with E-state index in [0.29, 0.717) is 6.61 Å². The second-order valence-corrected chi connectivity index (χ2v) is 6.42. The van der Waals surface area contributed by atoms with Gasteiger partial charge in [-0.2, -0.15) is 0 Å². The predicted octanol–water partition coefficient (Wildman–Crippen LogP) is 2.55. The van der Waals surface area contributed by atoms with Gasteiger partial charge in [0.15, 0.2) is 0 Å². The number of hydrogen-bond acceptors (Lipinski definition) is 5. The third-order valence-electron chi connectivity index (χ3n) is 3.65. The second-order valence-electron chi connectivity index (χ2n) is 5.47. The molecule has 1 aliphatic rings. The van der Waals surface area contributed by atoms with Crippen molar-refractivity contribution in [2.45, 2.75) is 51.7 Å². The van der Waals surface area contributed by atoms with Crippen molar-refractivity contribution in [2.24, 2.45) is 0 Å². The molecule has 0 aliphatic carbocycles. The lowest BCUT2D eigenvalue weighted by atomic mass is 10.1. The van der Waals surface area contributed by atoms with Crippen molar-refractivity contribution < 1.29 is 14.6 Å². The standard InChI is InChI=1S/C15H24N2O3S/c1-2-3-14-16-12(11-21-14)10-17-7-4-13(5-8-17)20-9-6-15(18)19/h11,13H,2-10H2,1H3,(H,18,19). The van der Waals surface area contributed by atoms with Gasteiger partial charge in [0, 0.05) is 25.0 Å². The molecule has 0 aromatic carbocycles. The zero-order valence-corrected chi connectivity index (χ0v) is 13.4. The Labute approximate surface area is 129 Å². The molecule has 0 bridgehead atoms. The van der Waals surface area contributed by atoms with Gasteiger partial charge in [-0.25, -0.2) is 4.98 Å². The van der Waals surface area contributed by atoms with E-state index in [0.717, 1.165) is 45.3 Å². The van der Waals surface area contributed by atoms with E-state index in [4.69, 9.17) is 9.84 Å². The third-order valence-corrected chi connectivity index (χ3v) is 4.61. The summed E-state index contributed by atoms with van der Waals surface area (Å²) in [4.78, 5) is 17.5. The number of aromatic nitrogens is 1. The molecule has 0 saturated carbocycles. The molecule has 5 nitrogen and oxygen atoms in total. The third kappa shape index (κ3) is 5.73. The van der Waals surface area contributed by atoms with E-state index in [9.17, 15) is 4.79 Å². The highest BCUT2D eigenvalue weighted by Crippen LogP contribution is 2.18. The van der Waals surface area contributed by atoms with Crippen LogP contribution < -0.4 is 0 Å². The van der Waals surface area contributed by atoms with E-state index in [1.165, 1.54) is 10.7 Å². The van der Waals surface area contributed by atoms with E-state index >= 15 is 0 Å². The van der Waals surface area contributed by atoms with Crippen LogP contribution in [0, 0.1) is 0 Å². The van der Waals surface area contributed by atoms with E-state index in [2.05, 4.69) is 22.2 Å². The molecule has 21 heavy (non-hydrogen) atoms. The first-order valence-electron chi connectivity index (χ1n) is 7.66. The van der Waals surface area contributed by atoms with Crippen LogP contribution in [-0.4, -0.2) is 46.8 Å². The minimum Gasteiger partial charge on any atom is -0.481 e. The van der Waals surface area contributed by atoms with Crippen LogP contribution in [0.5, 0.6) is 0 Å². The molecule has 0 unspecified atom stereocenters. The molecule has 0 radical (unpaired) electrons. The van der Waals surface area contributed by atoms with Crippen molar-refractivity contribution in [2.75, 3.05) is 19.7 Å². The Morgan fingerprint density at radius 1 is 1.52 bits per heavy atom. The van der Waals surface area contributed by atoms with Gasteiger partial charge in [0.1, 0.15) is 0 Å². The summed E-state index contributed by atoms with van der Waals surface area (Å²) < 4.78 is 5.61. The van der Waals surface area contributed by atoms with Crippen molar-refractivity contribution in [3.8, 4) is 0 Å². The molecule has 1 saturated heterocycles. The smallest absolute Gasteiger partial charge is 0.305 e. The first kappa shape index (κ1) is 16.4. The number of thiazole rings is 1. The minimum absolute atomic E-state index is 0.0965. The van der Waals surface area contributed by atoms with Crippen LogP contribution in [0.3, 0.4) is 0 Å². The molecule has 0 amide bonds. The number of rotatable bonds is 8. The van der Waals surface area contributed by atoms with Gasteiger partial charge in [-0.05, 0) is 25.7 Å². The lowest BCUT2D eigenvalue weighted by molar-refractivity contribution is -0.138. The van der Waals surface area contributed by atoms with Crippen LogP contribution in [0.4, 0.5) is 0 Å². The quantitative estimate of drug-likeness (QED) is 0.799. The topological polar surface area (TPSA) is 62.7 Å². The fourth-order valence-corrected chi connectivity index (χ4v) is 3.42. The Bertz CT molecular complexity index is 442. The molecular weight excluding hydrogens is 288 g/mol. The molecule has 118 valence electrons. The summed E-state index contributed by atoms with van der Waals surface area (Å²) in [7, 11) is 0. The molecule has 2 heterocycles. The largest absolute Gasteiger partial charge is 0.481 e. The van der Waals surface area contributed by atoms with E-state index in [1.807, 2.05) is 0 Å². The summed E-state index contributed by atoms with van der Waals surface area (Å²) in [5.74, 6) is -0.793. The van der Waals surface area contributed by atoms with Gasteiger partial charge in [0.05, 0.1) is 29.8 Å². The van der Waals surface area contributed by atoms with Crippen molar-refractivity contribution >= 4 is 17.3 Å². The molecule has 0 spiro atoms. The summed E-state index contributed by atoms with van der Waals surface area (Å²) in [6.07, 6.45) is 4.48. The van der Waals surface area contributed by atoms with Crippen molar-refractivity contribution in [3.05, 3.63) is 16.1 Å². The van der Waals surface area contributed by atoms with Crippen LogP contribution in [0.15, 0.2) is 5.38 Å². The molecule has 1 aliphatic heterocycles. The summed E-state index contributed by atoms with van der Waals surface area (Å²) >= 11 is 1.76. The number of carboxylic acids is 1. The number of aliphatic carboxylic acids is 1. The average Bonchev–Trinajstić information content (AvgIpc) is 2.88. The van der Waals surface area contributed by atoms with Crippen LogP contribution in [0.25, 0.3) is 0 Å². The molecular formula is C15H24N2O3S. The summed E-state index contributed by atoms with van der Waals surface area (Å²) in [5.41, 5.74) is 1.17. The minimum atomic E-state index is -0.793. The number of ether oxygens (including phenoxy) is 1. The number of carboxylic acid groups (broad SMARTS) is 1. The molecule has 6 heteroatoms. The Morgan fingerprint density at radius 3 is 2.95 bits per heavy atom. The SMILES string of the molecule is CCCc1nc(CN2CCC(OCCC(=O)O)CC2)cs1. The maximum absolute atomic E-state index is 10.5. The summed E-state index contributed by atoms with van der Waals surface area (Å²) in [6, 6.07) is 0. The maximum Gasteiger partial charge on any atom is 0.305 e. The lowest BCUT2D eigenvalue weighted by Crippen LogP contribution is -2.36. The molecule has 1 aromatic heterocycles. The van der Waals surface area contributed by atoms with Crippen LogP contribution in [-0.2, 0) is 22.5 Å². The van der Waals surface area contributed by atoms with Gasteiger partial charge in [0.25, 0.3) is 0 Å². The van der Waals surface area contributed by atoms with Gasteiger partial charge in [0.2, 0.25) is 0 Å². The summed E-state index contributed by atoms with van der Waals surface area (Å²) in [5, 5.41) is 12.0. The molecule has 0 atom stereocenters. The maximum atomic E-state index is 10.5. The highest BCUT2D eigenvalue weighted by molar-refractivity contribution is 7.09. The van der Waals surface area contributed by atoms with E-state index < -0.39 is 5.97 Å². The Balaban J connectivity index is 1.67. The normalized spacial score (nSPS) is 17.2. The van der Waals surface area contributed by atoms with Gasteiger partial charge < -0.3 is 9.84 Å².